The van der Waals surface area contributed by atoms with E-state index < -0.39 is 0 Å². The van der Waals surface area contributed by atoms with Crippen LogP contribution < -0.4 is 5.32 Å². The van der Waals surface area contributed by atoms with Crippen molar-refractivity contribution < 1.29 is 9.59 Å². The average Bonchev–Trinajstić information content (AvgIpc) is 2.90. The minimum Gasteiger partial charge on any atom is -0.335 e. The van der Waals surface area contributed by atoms with E-state index in [0.717, 1.165) is 32.5 Å². The zero-order valence-corrected chi connectivity index (χ0v) is 13.6. The van der Waals surface area contributed by atoms with Gasteiger partial charge >= 0.3 is 12.1 Å². The number of hydrogen-bond acceptors (Lipinski definition) is 3. The first kappa shape index (κ1) is 15.8. The van der Waals surface area contributed by atoms with Crippen LogP contribution in [0.4, 0.5) is 9.59 Å². The summed E-state index contributed by atoms with van der Waals surface area (Å²) < 4.78 is 0. The van der Waals surface area contributed by atoms with Crippen LogP contribution in [0.3, 0.4) is 0 Å². The summed E-state index contributed by atoms with van der Waals surface area (Å²) in [5.41, 5.74) is 1.32. The van der Waals surface area contributed by atoms with Crippen LogP contribution >= 0.6 is 0 Å². The molecule has 2 saturated heterocycles. The summed E-state index contributed by atoms with van der Waals surface area (Å²) in [5, 5.41) is 3.01. The van der Waals surface area contributed by atoms with Crippen molar-refractivity contribution in [2.45, 2.75) is 25.4 Å². The van der Waals surface area contributed by atoms with Crippen molar-refractivity contribution in [3.8, 4) is 0 Å². The minimum absolute atomic E-state index is 0.160. The minimum atomic E-state index is -0.249. The number of amides is 4. The highest BCUT2D eigenvalue weighted by molar-refractivity contribution is 5.94. The number of rotatable bonds is 3. The highest BCUT2D eigenvalue weighted by Crippen LogP contribution is 2.15. The Balaban J connectivity index is 1.44. The first-order chi connectivity index (χ1) is 11.1. The Bertz CT molecular complexity index is 555. The van der Waals surface area contributed by atoms with Crippen molar-refractivity contribution in [1.29, 1.82) is 0 Å². The zero-order valence-electron chi connectivity index (χ0n) is 13.6. The number of nitrogens with one attached hydrogen (secondary N) is 1. The molecule has 4 amide bonds. The van der Waals surface area contributed by atoms with E-state index >= 15 is 0 Å². The molecule has 6 nitrogen and oxygen atoms in total. The third kappa shape index (κ3) is 3.82. The van der Waals surface area contributed by atoms with Crippen molar-refractivity contribution in [2.24, 2.45) is 0 Å². The number of nitrogens with zero attached hydrogens (tertiary/aromatic N) is 3. The fourth-order valence-corrected chi connectivity index (χ4v) is 3.17. The lowest BCUT2D eigenvalue weighted by atomic mass is 10.0. The number of carbonyl (C=O) groups is 2. The van der Waals surface area contributed by atoms with Gasteiger partial charge in [0.15, 0.2) is 0 Å². The first-order valence-electron chi connectivity index (χ1n) is 8.23. The van der Waals surface area contributed by atoms with Crippen LogP contribution in [-0.4, -0.2) is 66.0 Å². The summed E-state index contributed by atoms with van der Waals surface area (Å²) >= 11 is 0. The maximum absolute atomic E-state index is 12.2. The SMILES string of the molecule is CN1CCN(C(=O)NC2CCN(Cc3ccccc3)CC2)C1=O. The highest BCUT2D eigenvalue weighted by Gasteiger charge is 2.32. The molecule has 1 aromatic rings. The summed E-state index contributed by atoms with van der Waals surface area (Å²) in [6.07, 6.45) is 1.85. The quantitative estimate of drug-likeness (QED) is 0.924. The van der Waals surface area contributed by atoms with Crippen molar-refractivity contribution in [3.63, 3.8) is 0 Å². The fourth-order valence-electron chi connectivity index (χ4n) is 3.17. The number of benzene rings is 1. The van der Waals surface area contributed by atoms with Crippen LogP contribution in [0.15, 0.2) is 30.3 Å². The molecule has 1 N–H and O–H groups in total. The van der Waals surface area contributed by atoms with E-state index in [1.165, 1.54) is 10.5 Å². The van der Waals surface area contributed by atoms with Gasteiger partial charge in [-0.1, -0.05) is 30.3 Å². The van der Waals surface area contributed by atoms with Gasteiger partial charge in [0, 0.05) is 45.8 Å². The number of piperidine rings is 1. The van der Waals surface area contributed by atoms with Crippen molar-refractivity contribution in [1.82, 2.24) is 20.0 Å². The molecule has 2 heterocycles. The predicted molar refractivity (Wildman–Crippen MR) is 88.0 cm³/mol. The van der Waals surface area contributed by atoms with Gasteiger partial charge in [-0.15, -0.1) is 0 Å². The molecule has 0 atom stereocenters. The number of urea groups is 2. The maximum atomic E-state index is 12.2. The van der Waals surface area contributed by atoms with E-state index in [2.05, 4.69) is 34.5 Å². The van der Waals surface area contributed by atoms with E-state index in [-0.39, 0.29) is 18.1 Å². The second-order valence-corrected chi connectivity index (χ2v) is 6.34. The molecule has 0 unspecified atom stereocenters. The average molecular weight is 316 g/mol. The van der Waals surface area contributed by atoms with Gasteiger partial charge in [-0.3, -0.25) is 4.90 Å². The third-order valence-corrected chi connectivity index (χ3v) is 4.63. The van der Waals surface area contributed by atoms with Crippen LogP contribution in [0.2, 0.25) is 0 Å². The summed E-state index contributed by atoms with van der Waals surface area (Å²) in [6.45, 7) is 3.98. The van der Waals surface area contributed by atoms with Crippen molar-refractivity contribution in [3.05, 3.63) is 35.9 Å². The zero-order chi connectivity index (χ0) is 16.2. The maximum Gasteiger partial charge on any atom is 0.328 e. The van der Waals surface area contributed by atoms with Crippen LogP contribution in [0, 0.1) is 0 Å². The topological polar surface area (TPSA) is 55.9 Å². The number of carbonyl (C=O) groups excluding carboxylic acids is 2. The number of imide groups is 1. The Hall–Kier alpha value is -2.08. The normalized spacial score (nSPS) is 20.1. The summed E-state index contributed by atoms with van der Waals surface area (Å²) in [7, 11) is 1.72. The monoisotopic (exact) mass is 316 g/mol. The molecule has 124 valence electrons. The van der Waals surface area contributed by atoms with Crippen LogP contribution in [0.5, 0.6) is 0 Å². The number of likely N-dealkylation sites (N-methyl/N-ethyl adjacent to an activating group) is 1. The lowest BCUT2D eigenvalue weighted by Gasteiger charge is -2.33. The smallest absolute Gasteiger partial charge is 0.328 e. The Morgan fingerprint density at radius 1 is 1.13 bits per heavy atom. The van der Waals surface area contributed by atoms with Crippen molar-refractivity contribution in [2.75, 3.05) is 33.2 Å². The fraction of sp³-hybridized carbons (Fsp3) is 0.529. The lowest BCUT2D eigenvalue weighted by Crippen LogP contribution is -2.49. The van der Waals surface area contributed by atoms with Gasteiger partial charge in [-0.05, 0) is 18.4 Å². The Morgan fingerprint density at radius 2 is 1.83 bits per heavy atom. The molecule has 0 aromatic heterocycles. The summed E-state index contributed by atoms with van der Waals surface area (Å²) in [4.78, 5) is 29.3. The molecule has 2 aliphatic heterocycles. The lowest BCUT2D eigenvalue weighted by molar-refractivity contribution is 0.170. The first-order valence-corrected chi connectivity index (χ1v) is 8.23. The van der Waals surface area contributed by atoms with Crippen molar-refractivity contribution >= 4 is 12.1 Å². The summed E-state index contributed by atoms with van der Waals surface area (Å²) in [6, 6.07) is 10.1. The molecular weight excluding hydrogens is 292 g/mol. The van der Waals surface area contributed by atoms with E-state index in [1.807, 2.05) is 6.07 Å². The molecule has 0 bridgehead atoms. The summed E-state index contributed by atoms with van der Waals surface area (Å²) in [5.74, 6) is 0. The Morgan fingerprint density at radius 3 is 2.43 bits per heavy atom. The van der Waals surface area contributed by atoms with Gasteiger partial charge in [0.2, 0.25) is 0 Å². The molecule has 0 spiro atoms. The van der Waals surface area contributed by atoms with Crippen LogP contribution in [0.1, 0.15) is 18.4 Å². The Labute approximate surface area is 137 Å². The standard InChI is InChI=1S/C17H24N4O2/c1-19-11-12-21(17(19)23)16(22)18-15-7-9-20(10-8-15)13-14-5-3-2-4-6-14/h2-6,15H,7-13H2,1H3,(H,18,22). The molecule has 0 saturated carbocycles. The Kier molecular flexibility index (Phi) is 4.81. The van der Waals surface area contributed by atoms with Gasteiger partial charge in [-0.25, -0.2) is 14.5 Å². The predicted octanol–water partition coefficient (Wildman–Crippen LogP) is 1.73. The van der Waals surface area contributed by atoms with E-state index in [0.29, 0.717) is 13.1 Å². The van der Waals surface area contributed by atoms with E-state index in [1.54, 1.807) is 11.9 Å². The molecule has 2 fully saturated rings. The molecule has 2 aliphatic rings. The van der Waals surface area contributed by atoms with Crippen LogP contribution in [0.25, 0.3) is 0 Å². The van der Waals surface area contributed by atoms with Gasteiger partial charge in [0.25, 0.3) is 0 Å². The number of likely N-dealkylation sites (tertiary alicyclic amines) is 1. The molecule has 0 radical (unpaired) electrons. The van der Waals surface area contributed by atoms with Crippen LogP contribution in [-0.2, 0) is 6.54 Å². The molecule has 0 aliphatic carbocycles. The second kappa shape index (κ2) is 7.00. The highest BCUT2D eigenvalue weighted by atomic mass is 16.2. The second-order valence-electron chi connectivity index (χ2n) is 6.34. The molecule has 3 rings (SSSR count). The molecule has 1 aromatic carbocycles. The van der Waals surface area contributed by atoms with E-state index in [4.69, 9.17) is 0 Å². The third-order valence-electron chi connectivity index (χ3n) is 4.63. The largest absolute Gasteiger partial charge is 0.335 e. The van der Waals surface area contributed by atoms with Gasteiger partial charge in [0.1, 0.15) is 0 Å². The van der Waals surface area contributed by atoms with Gasteiger partial charge in [-0.2, -0.15) is 0 Å². The molecular formula is C17H24N4O2. The van der Waals surface area contributed by atoms with Gasteiger partial charge < -0.3 is 10.2 Å². The van der Waals surface area contributed by atoms with Gasteiger partial charge in [0.05, 0.1) is 0 Å². The van der Waals surface area contributed by atoms with E-state index in [9.17, 15) is 9.59 Å². The molecule has 6 heteroatoms. The molecule has 23 heavy (non-hydrogen) atoms. The number of hydrogen-bond donors (Lipinski definition) is 1.